The molecular weight excluding hydrogens is 388 g/mol. The van der Waals surface area contributed by atoms with Crippen LogP contribution in [0.1, 0.15) is 28.2 Å². The van der Waals surface area contributed by atoms with Gasteiger partial charge in [-0.2, -0.15) is 0 Å². The number of carbonyl (C=O) groups excluding carboxylic acids is 1. The largest absolute Gasteiger partial charge is 0.356 e. The molecule has 4 rings (SSSR count). The van der Waals surface area contributed by atoms with E-state index in [1.165, 1.54) is 0 Å². The van der Waals surface area contributed by atoms with Crippen LogP contribution in [0.2, 0.25) is 0 Å². The van der Waals surface area contributed by atoms with E-state index in [0.717, 1.165) is 39.2 Å². The molecule has 0 aliphatic rings. The molecule has 1 N–H and O–H groups in total. The van der Waals surface area contributed by atoms with Crippen LogP contribution in [-0.4, -0.2) is 21.0 Å². The summed E-state index contributed by atoms with van der Waals surface area (Å²) >= 11 is 0. The van der Waals surface area contributed by atoms with E-state index in [4.69, 9.17) is 4.52 Å². The van der Waals surface area contributed by atoms with Crippen LogP contribution in [0, 0.1) is 20.8 Å². The van der Waals surface area contributed by atoms with Crippen LogP contribution in [-0.2, 0) is 17.8 Å². The fourth-order valence-electron chi connectivity index (χ4n) is 3.39. The molecule has 0 radical (unpaired) electrons. The Kier molecular flexibility index (Phi) is 5.89. The van der Waals surface area contributed by atoms with Crippen molar-refractivity contribution < 1.29 is 9.32 Å². The lowest BCUT2D eigenvalue weighted by Crippen LogP contribution is -2.24. The normalized spacial score (nSPS) is 10.8. The summed E-state index contributed by atoms with van der Waals surface area (Å²) in [6.07, 6.45) is 2.14. The van der Waals surface area contributed by atoms with Gasteiger partial charge in [0.2, 0.25) is 5.91 Å². The predicted octanol–water partition coefficient (Wildman–Crippen LogP) is 4.58. The highest BCUT2D eigenvalue weighted by atomic mass is 16.5. The van der Waals surface area contributed by atoms with Crippen molar-refractivity contribution in [1.82, 2.24) is 20.4 Å². The van der Waals surface area contributed by atoms with Gasteiger partial charge >= 0.3 is 0 Å². The zero-order valence-corrected chi connectivity index (χ0v) is 17.8. The average molecular weight is 412 g/mol. The van der Waals surface area contributed by atoms with E-state index >= 15 is 0 Å². The zero-order chi connectivity index (χ0) is 21.8. The lowest BCUT2D eigenvalue weighted by atomic mass is 10.0. The molecule has 0 unspecified atom stereocenters. The van der Waals surface area contributed by atoms with Crippen molar-refractivity contribution in [3.05, 3.63) is 89.0 Å². The Morgan fingerprint density at radius 2 is 1.81 bits per heavy atom. The van der Waals surface area contributed by atoms with Gasteiger partial charge in [-0.3, -0.25) is 4.79 Å². The van der Waals surface area contributed by atoms with Crippen molar-refractivity contribution in [1.29, 1.82) is 0 Å². The number of aryl methyl sites for hydroxylation is 3. The highest BCUT2D eigenvalue weighted by Crippen LogP contribution is 2.30. The summed E-state index contributed by atoms with van der Waals surface area (Å²) in [5, 5.41) is 6.96. The first-order valence-corrected chi connectivity index (χ1v) is 10.2. The van der Waals surface area contributed by atoms with E-state index in [0.29, 0.717) is 24.6 Å². The van der Waals surface area contributed by atoms with Gasteiger partial charge in [0, 0.05) is 24.4 Å². The minimum absolute atomic E-state index is 0.00720. The predicted molar refractivity (Wildman–Crippen MR) is 119 cm³/mol. The Labute approximate surface area is 181 Å². The number of amides is 1. The third-order valence-electron chi connectivity index (χ3n) is 5.13. The lowest BCUT2D eigenvalue weighted by molar-refractivity contribution is -0.120. The Bertz CT molecular complexity index is 1210. The third-order valence-corrected chi connectivity index (χ3v) is 5.13. The Morgan fingerprint density at radius 3 is 2.52 bits per heavy atom. The molecular formula is C25H24N4O2. The molecule has 0 saturated carbocycles. The summed E-state index contributed by atoms with van der Waals surface area (Å²) in [7, 11) is 0. The van der Waals surface area contributed by atoms with E-state index in [9.17, 15) is 4.79 Å². The Morgan fingerprint density at radius 1 is 1.03 bits per heavy atom. The molecule has 2 aromatic carbocycles. The fraction of sp³-hybridized carbons (Fsp3) is 0.200. The van der Waals surface area contributed by atoms with Crippen molar-refractivity contribution in [3.63, 3.8) is 0 Å². The maximum atomic E-state index is 12.3. The van der Waals surface area contributed by atoms with Gasteiger partial charge in [0.25, 0.3) is 0 Å². The second-order valence-electron chi connectivity index (χ2n) is 7.59. The second kappa shape index (κ2) is 8.92. The molecule has 31 heavy (non-hydrogen) atoms. The highest BCUT2D eigenvalue weighted by Gasteiger charge is 2.14. The van der Waals surface area contributed by atoms with Crippen LogP contribution in [0.3, 0.4) is 0 Å². The summed E-state index contributed by atoms with van der Waals surface area (Å²) in [6, 6.07) is 17.8. The standard InChI is InChI=1S/C25H24N4O2/c1-16-6-4-5-7-21(16)13-24(30)27-14-19-8-10-20(11-9-19)25-22(15-26-18(3)28-25)23-12-17(2)29-31-23/h4-12,15H,13-14H2,1-3H3,(H,27,30). The molecule has 6 heteroatoms. The molecule has 0 spiro atoms. The number of hydrogen-bond acceptors (Lipinski definition) is 5. The van der Waals surface area contributed by atoms with Gasteiger partial charge in [-0.15, -0.1) is 0 Å². The summed E-state index contributed by atoms with van der Waals surface area (Å²) in [5.41, 5.74) is 6.53. The Balaban J connectivity index is 1.47. The summed E-state index contributed by atoms with van der Waals surface area (Å²) in [4.78, 5) is 21.3. The molecule has 0 aliphatic heterocycles. The molecule has 1 amide bonds. The average Bonchev–Trinajstić information content (AvgIpc) is 3.20. The lowest BCUT2D eigenvalue weighted by Gasteiger charge is -2.10. The van der Waals surface area contributed by atoms with Crippen LogP contribution >= 0.6 is 0 Å². The summed E-state index contributed by atoms with van der Waals surface area (Å²) in [5.74, 6) is 1.33. The van der Waals surface area contributed by atoms with Crippen LogP contribution in [0.25, 0.3) is 22.6 Å². The molecule has 4 aromatic rings. The van der Waals surface area contributed by atoms with Crippen LogP contribution in [0.4, 0.5) is 0 Å². The monoisotopic (exact) mass is 412 g/mol. The number of rotatable bonds is 6. The molecule has 0 aliphatic carbocycles. The highest BCUT2D eigenvalue weighted by molar-refractivity contribution is 5.79. The minimum atomic E-state index is 0.00720. The number of hydrogen-bond donors (Lipinski definition) is 1. The first kappa shape index (κ1) is 20.5. The molecule has 156 valence electrons. The molecule has 2 aromatic heterocycles. The van der Waals surface area contributed by atoms with Crippen molar-refractivity contribution in [2.45, 2.75) is 33.7 Å². The number of aromatic nitrogens is 3. The molecule has 0 fully saturated rings. The molecule has 0 bridgehead atoms. The van der Waals surface area contributed by atoms with Gasteiger partial charge < -0.3 is 9.84 Å². The number of nitrogens with one attached hydrogen (secondary N) is 1. The SMILES string of the molecule is Cc1cc(-c2cnc(C)nc2-c2ccc(CNC(=O)Cc3ccccc3C)cc2)on1. The quantitative estimate of drug-likeness (QED) is 0.501. The second-order valence-corrected chi connectivity index (χ2v) is 7.59. The van der Waals surface area contributed by atoms with Crippen LogP contribution in [0.15, 0.2) is 65.3 Å². The van der Waals surface area contributed by atoms with E-state index in [1.54, 1.807) is 6.20 Å². The van der Waals surface area contributed by atoms with Gasteiger partial charge in [0.1, 0.15) is 5.82 Å². The minimum Gasteiger partial charge on any atom is -0.356 e. The topological polar surface area (TPSA) is 80.9 Å². The number of nitrogens with zero attached hydrogens (tertiary/aromatic N) is 3. The fourth-order valence-corrected chi connectivity index (χ4v) is 3.39. The van der Waals surface area contributed by atoms with Gasteiger partial charge in [0.05, 0.1) is 23.4 Å². The summed E-state index contributed by atoms with van der Waals surface area (Å²) < 4.78 is 5.42. The first-order chi connectivity index (χ1) is 15.0. The van der Waals surface area contributed by atoms with Crippen LogP contribution < -0.4 is 5.32 Å². The smallest absolute Gasteiger partial charge is 0.224 e. The van der Waals surface area contributed by atoms with E-state index in [-0.39, 0.29) is 5.91 Å². The van der Waals surface area contributed by atoms with Gasteiger partial charge in [0.15, 0.2) is 5.76 Å². The number of benzene rings is 2. The van der Waals surface area contributed by atoms with Gasteiger partial charge in [-0.1, -0.05) is 53.7 Å². The van der Waals surface area contributed by atoms with E-state index in [2.05, 4.69) is 20.4 Å². The maximum Gasteiger partial charge on any atom is 0.224 e. The van der Waals surface area contributed by atoms with Crippen molar-refractivity contribution in [3.8, 4) is 22.6 Å². The van der Waals surface area contributed by atoms with Crippen LogP contribution in [0.5, 0.6) is 0 Å². The van der Waals surface area contributed by atoms with E-state index < -0.39 is 0 Å². The van der Waals surface area contributed by atoms with Gasteiger partial charge in [-0.25, -0.2) is 9.97 Å². The molecule has 0 atom stereocenters. The third kappa shape index (κ3) is 4.86. The zero-order valence-electron chi connectivity index (χ0n) is 17.8. The molecule has 0 saturated heterocycles. The summed E-state index contributed by atoms with van der Waals surface area (Å²) in [6.45, 7) is 6.23. The molecule has 2 heterocycles. The maximum absolute atomic E-state index is 12.3. The first-order valence-electron chi connectivity index (χ1n) is 10.2. The molecule has 6 nitrogen and oxygen atoms in total. The van der Waals surface area contributed by atoms with Crippen molar-refractivity contribution in [2.75, 3.05) is 0 Å². The number of carbonyl (C=O) groups is 1. The van der Waals surface area contributed by atoms with Gasteiger partial charge in [-0.05, 0) is 37.5 Å². The van der Waals surface area contributed by atoms with Crippen molar-refractivity contribution >= 4 is 5.91 Å². The Hall–Kier alpha value is -3.80. The van der Waals surface area contributed by atoms with E-state index in [1.807, 2.05) is 75.4 Å². The van der Waals surface area contributed by atoms with Crippen molar-refractivity contribution in [2.24, 2.45) is 0 Å².